The van der Waals surface area contributed by atoms with E-state index in [1.54, 1.807) is 13.2 Å². The average molecular weight is 508 g/mol. The SMILES string of the molecule is C=CC(C/C=C(\CC)OCC1NC(c2ccc(OC)cc2)=C(c2ccc(CCC)cc2)O1)OCC(=O)O. The van der Waals surface area contributed by atoms with Crippen molar-refractivity contribution < 1.29 is 28.8 Å². The van der Waals surface area contributed by atoms with Gasteiger partial charge in [-0.25, -0.2) is 4.79 Å². The lowest BCUT2D eigenvalue weighted by molar-refractivity contribution is -0.143. The van der Waals surface area contributed by atoms with Gasteiger partial charge in [0.1, 0.15) is 19.0 Å². The summed E-state index contributed by atoms with van der Waals surface area (Å²) in [5.74, 6) is 1.33. The molecule has 0 fully saturated rings. The molecule has 2 aromatic rings. The minimum absolute atomic E-state index is 0.297. The van der Waals surface area contributed by atoms with Crippen LogP contribution in [0.25, 0.3) is 11.5 Å². The molecule has 198 valence electrons. The van der Waals surface area contributed by atoms with Gasteiger partial charge in [0, 0.05) is 17.5 Å². The van der Waals surface area contributed by atoms with Gasteiger partial charge < -0.3 is 29.4 Å². The van der Waals surface area contributed by atoms with Crippen molar-refractivity contribution in [2.24, 2.45) is 0 Å². The maximum absolute atomic E-state index is 10.8. The van der Waals surface area contributed by atoms with Gasteiger partial charge in [-0.1, -0.05) is 50.6 Å². The number of carboxylic acids is 1. The highest BCUT2D eigenvalue weighted by Crippen LogP contribution is 2.33. The molecule has 1 aliphatic heterocycles. The van der Waals surface area contributed by atoms with Crippen molar-refractivity contribution in [3.05, 3.63) is 89.7 Å². The van der Waals surface area contributed by atoms with Gasteiger partial charge in [-0.3, -0.25) is 0 Å². The molecule has 0 amide bonds. The molecule has 2 aromatic carbocycles. The molecule has 1 heterocycles. The fourth-order valence-corrected chi connectivity index (χ4v) is 3.98. The summed E-state index contributed by atoms with van der Waals surface area (Å²) >= 11 is 0. The second-order valence-corrected chi connectivity index (χ2v) is 8.68. The number of methoxy groups -OCH3 is 1. The summed E-state index contributed by atoms with van der Waals surface area (Å²) in [6.45, 7) is 7.82. The van der Waals surface area contributed by atoms with Crippen molar-refractivity contribution in [2.45, 2.75) is 51.9 Å². The normalized spacial score (nSPS) is 16.1. The van der Waals surface area contributed by atoms with Crippen LogP contribution in [0.2, 0.25) is 0 Å². The highest BCUT2D eigenvalue weighted by Gasteiger charge is 2.27. The zero-order valence-corrected chi connectivity index (χ0v) is 21.9. The molecule has 0 radical (unpaired) electrons. The Kier molecular flexibility index (Phi) is 10.6. The van der Waals surface area contributed by atoms with E-state index in [0.29, 0.717) is 19.4 Å². The summed E-state index contributed by atoms with van der Waals surface area (Å²) in [5, 5.41) is 12.3. The lowest BCUT2D eigenvalue weighted by Crippen LogP contribution is -2.28. The van der Waals surface area contributed by atoms with Gasteiger partial charge in [0.05, 0.1) is 24.7 Å². The van der Waals surface area contributed by atoms with E-state index in [1.165, 1.54) is 5.56 Å². The summed E-state index contributed by atoms with van der Waals surface area (Å²) < 4.78 is 23.1. The van der Waals surface area contributed by atoms with E-state index >= 15 is 0 Å². The molecule has 0 saturated heterocycles. The Bertz CT molecular complexity index is 1090. The van der Waals surface area contributed by atoms with Gasteiger partial charge in [-0.2, -0.15) is 0 Å². The summed E-state index contributed by atoms with van der Waals surface area (Å²) in [6.07, 6.45) is 6.03. The van der Waals surface area contributed by atoms with Crippen molar-refractivity contribution >= 4 is 17.4 Å². The number of carboxylic acid groups (broad SMARTS) is 1. The standard InChI is InChI=1S/C30H37NO6/c1-5-8-21-9-11-23(12-10-21)30-29(22-13-15-26(34-4)16-14-22)31-27(37-30)19-35-24(6-2)17-18-25(7-3)36-20-28(32)33/h7,9-17,25,27,31H,3,5-6,8,18-20H2,1-2,4H3,(H,32,33)/b24-17+. The molecule has 3 rings (SSSR count). The molecule has 1 aliphatic rings. The second kappa shape index (κ2) is 14.1. The monoisotopic (exact) mass is 507 g/mol. The number of rotatable bonds is 15. The average Bonchev–Trinajstić information content (AvgIpc) is 3.35. The first-order valence-corrected chi connectivity index (χ1v) is 12.7. The Morgan fingerprint density at radius 1 is 1.14 bits per heavy atom. The molecule has 0 aromatic heterocycles. The number of nitrogens with one attached hydrogen (secondary N) is 1. The summed E-state index contributed by atoms with van der Waals surface area (Å²) in [6, 6.07) is 16.3. The van der Waals surface area contributed by atoms with Gasteiger partial charge in [0.15, 0.2) is 5.76 Å². The number of hydrogen-bond acceptors (Lipinski definition) is 6. The number of carbonyl (C=O) groups is 1. The van der Waals surface area contributed by atoms with Crippen LogP contribution in [0.15, 0.2) is 73.0 Å². The predicted molar refractivity (Wildman–Crippen MR) is 145 cm³/mol. The molecule has 0 aliphatic carbocycles. The predicted octanol–water partition coefficient (Wildman–Crippen LogP) is 5.78. The minimum atomic E-state index is -1.01. The van der Waals surface area contributed by atoms with Crippen LogP contribution in [0, 0.1) is 0 Å². The van der Waals surface area contributed by atoms with Crippen molar-refractivity contribution in [1.29, 1.82) is 0 Å². The van der Waals surface area contributed by atoms with Crippen LogP contribution >= 0.6 is 0 Å². The van der Waals surface area contributed by atoms with Crippen LogP contribution in [0.3, 0.4) is 0 Å². The van der Waals surface area contributed by atoms with Gasteiger partial charge in [0.2, 0.25) is 6.23 Å². The zero-order chi connectivity index (χ0) is 26.6. The van der Waals surface area contributed by atoms with E-state index in [2.05, 4.69) is 43.1 Å². The Morgan fingerprint density at radius 2 is 1.84 bits per heavy atom. The Hall–Kier alpha value is -3.71. The molecule has 2 N–H and O–H groups in total. The van der Waals surface area contributed by atoms with Crippen molar-refractivity contribution in [3.8, 4) is 5.75 Å². The number of aryl methyl sites for hydroxylation is 1. The first kappa shape index (κ1) is 27.9. The van der Waals surface area contributed by atoms with E-state index < -0.39 is 12.1 Å². The van der Waals surface area contributed by atoms with Crippen LogP contribution in [-0.4, -0.2) is 43.7 Å². The summed E-state index contributed by atoms with van der Waals surface area (Å²) in [7, 11) is 1.65. The third kappa shape index (κ3) is 8.15. The fraction of sp³-hybridized carbons (Fsp3) is 0.367. The Morgan fingerprint density at radius 3 is 2.43 bits per heavy atom. The third-order valence-corrected chi connectivity index (χ3v) is 5.96. The molecule has 2 atom stereocenters. The maximum atomic E-state index is 10.8. The number of benzene rings is 2. The van der Waals surface area contributed by atoms with E-state index in [1.807, 2.05) is 37.3 Å². The maximum Gasteiger partial charge on any atom is 0.329 e. The number of aliphatic carboxylic acids is 1. The van der Waals surface area contributed by atoms with E-state index in [4.69, 9.17) is 24.1 Å². The second-order valence-electron chi connectivity index (χ2n) is 8.68. The quantitative estimate of drug-likeness (QED) is 0.234. The van der Waals surface area contributed by atoms with Crippen LogP contribution < -0.4 is 10.1 Å². The number of hydrogen-bond donors (Lipinski definition) is 2. The van der Waals surface area contributed by atoms with Crippen LogP contribution in [0.4, 0.5) is 0 Å². The van der Waals surface area contributed by atoms with Crippen LogP contribution in [0.1, 0.15) is 49.8 Å². The van der Waals surface area contributed by atoms with Crippen molar-refractivity contribution in [3.63, 3.8) is 0 Å². The molecule has 0 spiro atoms. The van der Waals surface area contributed by atoms with Gasteiger partial charge >= 0.3 is 5.97 Å². The van der Waals surface area contributed by atoms with E-state index in [-0.39, 0.29) is 12.8 Å². The largest absolute Gasteiger partial charge is 0.497 e. The van der Waals surface area contributed by atoms with Gasteiger partial charge in [-0.15, -0.1) is 6.58 Å². The van der Waals surface area contributed by atoms with Crippen molar-refractivity contribution in [1.82, 2.24) is 5.32 Å². The highest BCUT2D eigenvalue weighted by molar-refractivity contribution is 5.88. The zero-order valence-electron chi connectivity index (χ0n) is 21.9. The summed E-state index contributed by atoms with van der Waals surface area (Å²) in [5.41, 5.74) is 4.19. The molecular weight excluding hydrogens is 470 g/mol. The molecule has 0 bridgehead atoms. The molecule has 7 nitrogen and oxygen atoms in total. The molecular formula is C30H37NO6. The fourth-order valence-electron chi connectivity index (χ4n) is 3.98. The lowest BCUT2D eigenvalue weighted by Gasteiger charge is -2.17. The lowest BCUT2D eigenvalue weighted by atomic mass is 10.0. The minimum Gasteiger partial charge on any atom is -0.497 e. The van der Waals surface area contributed by atoms with E-state index in [0.717, 1.165) is 46.9 Å². The highest BCUT2D eigenvalue weighted by atomic mass is 16.6. The van der Waals surface area contributed by atoms with Crippen LogP contribution in [-0.2, 0) is 25.4 Å². The molecule has 37 heavy (non-hydrogen) atoms. The molecule has 2 unspecified atom stereocenters. The topological polar surface area (TPSA) is 86.3 Å². The van der Waals surface area contributed by atoms with Crippen LogP contribution in [0.5, 0.6) is 5.75 Å². The smallest absolute Gasteiger partial charge is 0.329 e. The van der Waals surface area contributed by atoms with Gasteiger partial charge in [-0.05, 0) is 48.7 Å². The molecule has 0 saturated carbocycles. The number of ether oxygens (including phenoxy) is 4. The molecule has 7 heteroatoms. The number of allylic oxidation sites excluding steroid dienone is 1. The van der Waals surface area contributed by atoms with E-state index in [9.17, 15) is 4.79 Å². The third-order valence-electron chi connectivity index (χ3n) is 5.96. The Labute approximate surface area is 219 Å². The first-order chi connectivity index (χ1) is 18.0. The van der Waals surface area contributed by atoms with Crippen molar-refractivity contribution in [2.75, 3.05) is 20.3 Å². The summed E-state index contributed by atoms with van der Waals surface area (Å²) in [4.78, 5) is 10.8. The van der Waals surface area contributed by atoms with Gasteiger partial charge in [0.25, 0.3) is 0 Å². The first-order valence-electron chi connectivity index (χ1n) is 12.7. The Balaban J connectivity index is 1.72.